The average Bonchev–Trinajstić information content (AvgIpc) is 3.24. The van der Waals surface area contributed by atoms with Crippen LogP contribution in [0.15, 0.2) is 37.7 Å². The van der Waals surface area contributed by atoms with E-state index < -0.39 is 26.5 Å². The first-order chi connectivity index (χ1) is 11.8. The molecule has 0 radical (unpaired) electrons. The van der Waals surface area contributed by atoms with Gasteiger partial charge in [-0.3, -0.25) is 13.9 Å². The summed E-state index contributed by atoms with van der Waals surface area (Å²) < 4.78 is 36.2. The van der Waals surface area contributed by atoms with Gasteiger partial charge in [0.05, 0.1) is 21.8 Å². The molecule has 128 valence electrons. The van der Waals surface area contributed by atoms with Gasteiger partial charge >= 0.3 is 5.69 Å². The zero-order chi connectivity index (χ0) is 17.9. The first-order valence-electron chi connectivity index (χ1n) is 7.13. The molecule has 0 N–H and O–H groups in total. The maximum absolute atomic E-state index is 13.0. The predicted octanol–water partition coefficient (Wildman–Crippen LogP) is -1.70. The Balaban J connectivity index is 2.00. The van der Waals surface area contributed by atoms with Crippen molar-refractivity contribution in [1.29, 1.82) is 0 Å². The van der Waals surface area contributed by atoms with Crippen LogP contribution in [0.5, 0.6) is 0 Å². The largest absolute Gasteiger partial charge is 0.332 e. The third-order valence-corrected chi connectivity index (χ3v) is 6.46. The zero-order valence-electron chi connectivity index (χ0n) is 13.1. The van der Waals surface area contributed by atoms with Gasteiger partial charge in [0, 0.05) is 14.1 Å². The van der Waals surface area contributed by atoms with Crippen LogP contribution in [0.25, 0.3) is 17.1 Å². The van der Waals surface area contributed by atoms with Crippen molar-refractivity contribution in [3.63, 3.8) is 0 Å². The van der Waals surface area contributed by atoms with Crippen molar-refractivity contribution >= 4 is 38.7 Å². The molecule has 1 aliphatic heterocycles. The van der Waals surface area contributed by atoms with E-state index in [0.29, 0.717) is 5.52 Å². The van der Waals surface area contributed by atoms with Crippen molar-refractivity contribution in [1.82, 2.24) is 17.9 Å². The normalized spacial score (nSPS) is 16.5. The molecule has 25 heavy (non-hydrogen) atoms. The van der Waals surface area contributed by atoms with Crippen molar-refractivity contribution in [3.05, 3.63) is 49.7 Å². The molecule has 1 aromatic carbocycles. The lowest BCUT2D eigenvalue weighted by Gasteiger charge is -2.07. The second-order valence-corrected chi connectivity index (χ2v) is 8.10. The number of fused-ring (bicyclic) bond motifs is 2. The topological polar surface area (TPSA) is 116 Å². The molecule has 2 aromatic heterocycles. The summed E-state index contributed by atoms with van der Waals surface area (Å²) in [6, 6.07) is 4.68. The molecule has 4 rings (SSSR count). The fourth-order valence-electron chi connectivity index (χ4n) is 2.76. The summed E-state index contributed by atoms with van der Waals surface area (Å²) >= 11 is 0.918. The lowest BCUT2D eigenvalue weighted by Crippen LogP contribution is -2.55. The highest BCUT2D eigenvalue weighted by atomic mass is 32.2. The molecule has 1 atom stereocenters. The number of sulfone groups is 1. The Morgan fingerprint density at radius 3 is 2.64 bits per heavy atom. The van der Waals surface area contributed by atoms with Gasteiger partial charge < -0.3 is 0 Å². The lowest BCUT2D eigenvalue weighted by atomic mass is 10.3. The number of hydrogen-bond donors (Lipinski definition) is 0. The minimum absolute atomic E-state index is 0.00150. The lowest BCUT2D eigenvalue weighted by molar-refractivity contribution is 0.590. The summed E-state index contributed by atoms with van der Waals surface area (Å²) in [5.74, 6) is 0. The molecule has 0 spiro atoms. The van der Waals surface area contributed by atoms with Crippen LogP contribution in [0.3, 0.4) is 0 Å². The van der Waals surface area contributed by atoms with Crippen molar-refractivity contribution in [3.8, 4) is 0 Å². The molecule has 3 aromatic rings. The summed E-state index contributed by atoms with van der Waals surface area (Å²) in [7, 11) is -1.17. The number of hydrogen-bond acceptors (Lipinski definition) is 8. The number of nitrogens with zero attached hydrogens (tertiary/aromatic N) is 5. The van der Waals surface area contributed by atoms with Gasteiger partial charge in [0.2, 0.25) is 9.84 Å². The fourth-order valence-corrected chi connectivity index (χ4v) is 4.87. The van der Waals surface area contributed by atoms with E-state index in [1.807, 2.05) is 0 Å². The number of rotatable bonds is 2. The monoisotopic (exact) mass is 377 g/mol. The molecule has 3 heterocycles. The van der Waals surface area contributed by atoms with Gasteiger partial charge in [-0.2, -0.15) is 8.75 Å². The minimum Gasteiger partial charge on any atom is -0.281 e. The Morgan fingerprint density at radius 2 is 1.88 bits per heavy atom. The van der Waals surface area contributed by atoms with Crippen molar-refractivity contribution in [2.24, 2.45) is 19.1 Å². The van der Waals surface area contributed by atoms with E-state index in [1.165, 1.54) is 26.2 Å². The van der Waals surface area contributed by atoms with Crippen LogP contribution >= 0.6 is 11.7 Å². The van der Waals surface area contributed by atoms with Crippen LogP contribution in [-0.2, 0) is 23.9 Å². The van der Waals surface area contributed by atoms with E-state index in [-0.39, 0.29) is 21.1 Å². The molecule has 0 aliphatic carbocycles. The molecule has 0 unspecified atom stereocenters. The first-order valence-corrected chi connectivity index (χ1v) is 9.41. The van der Waals surface area contributed by atoms with Crippen LogP contribution in [0.1, 0.15) is 0 Å². The van der Waals surface area contributed by atoms with Crippen LogP contribution in [-0.4, -0.2) is 31.7 Å². The van der Waals surface area contributed by atoms with Gasteiger partial charge in [0.25, 0.3) is 5.56 Å². The quantitative estimate of drug-likeness (QED) is 0.526. The molecule has 0 bridgehead atoms. The minimum atomic E-state index is -3.94. The van der Waals surface area contributed by atoms with Crippen molar-refractivity contribution in [2.75, 3.05) is 0 Å². The molecule has 11 heteroatoms. The van der Waals surface area contributed by atoms with E-state index in [9.17, 15) is 18.0 Å². The molecule has 9 nitrogen and oxygen atoms in total. The smallest absolute Gasteiger partial charge is 0.281 e. The summed E-state index contributed by atoms with van der Waals surface area (Å²) in [5.41, 5.74) is -0.332. The SMILES string of the molecule is Cn1c(=O)c2c(n(C)c1=O)=N[C@H](S(=O)(=O)c1cccc3nsnc13)C=2. The molecular formula is C14H11N5O4S2. The van der Waals surface area contributed by atoms with Gasteiger partial charge in [0.1, 0.15) is 16.5 Å². The summed E-state index contributed by atoms with van der Waals surface area (Å²) in [6.07, 6.45) is 1.27. The molecule has 1 aliphatic rings. The number of benzene rings is 1. The van der Waals surface area contributed by atoms with Crippen LogP contribution in [0.4, 0.5) is 0 Å². The summed E-state index contributed by atoms with van der Waals surface area (Å²) in [5, 5.41) is -1.20. The first kappa shape index (κ1) is 15.8. The highest BCUT2D eigenvalue weighted by molar-refractivity contribution is 7.92. The summed E-state index contributed by atoms with van der Waals surface area (Å²) in [6.45, 7) is 0. The molecule has 0 saturated carbocycles. The van der Waals surface area contributed by atoms with E-state index in [1.54, 1.807) is 12.1 Å². The number of aromatic nitrogens is 4. The van der Waals surface area contributed by atoms with E-state index >= 15 is 0 Å². The molecule has 0 amide bonds. The van der Waals surface area contributed by atoms with Crippen LogP contribution in [0, 0.1) is 0 Å². The Morgan fingerprint density at radius 1 is 1.12 bits per heavy atom. The molecule has 0 saturated heterocycles. The summed E-state index contributed by atoms with van der Waals surface area (Å²) in [4.78, 5) is 28.4. The fraction of sp³-hybridized carbons (Fsp3) is 0.214. The highest BCUT2D eigenvalue weighted by Crippen LogP contribution is 2.25. The molecule has 0 fully saturated rings. The zero-order valence-corrected chi connectivity index (χ0v) is 14.7. The highest BCUT2D eigenvalue weighted by Gasteiger charge is 2.31. The third kappa shape index (κ3) is 2.12. The predicted molar refractivity (Wildman–Crippen MR) is 90.6 cm³/mol. The van der Waals surface area contributed by atoms with Crippen molar-refractivity contribution in [2.45, 2.75) is 10.3 Å². The standard InChI is InChI=1S/C14H11N5O4S2/c1-18-12-7(13(20)19(2)14(18)21)6-10(15-12)25(22,23)9-5-3-4-8-11(9)17-24-16-8/h3-6,10H,1-2H3/t10-/m1/s1. The second-order valence-electron chi connectivity index (χ2n) is 5.56. The maximum Gasteiger partial charge on any atom is 0.332 e. The van der Waals surface area contributed by atoms with Crippen LogP contribution < -0.4 is 22.0 Å². The van der Waals surface area contributed by atoms with Gasteiger partial charge in [0.15, 0.2) is 5.37 Å². The second kappa shape index (κ2) is 5.17. The Hall–Kier alpha value is -2.66. The average molecular weight is 377 g/mol. The maximum atomic E-state index is 13.0. The van der Waals surface area contributed by atoms with E-state index in [4.69, 9.17) is 0 Å². The third-order valence-electron chi connectivity index (χ3n) is 4.10. The van der Waals surface area contributed by atoms with Crippen LogP contribution in [0.2, 0.25) is 0 Å². The van der Waals surface area contributed by atoms with Gasteiger partial charge in [-0.25, -0.2) is 18.2 Å². The Kier molecular flexibility index (Phi) is 3.27. The van der Waals surface area contributed by atoms with E-state index in [0.717, 1.165) is 20.9 Å². The van der Waals surface area contributed by atoms with E-state index in [2.05, 4.69) is 13.7 Å². The van der Waals surface area contributed by atoms with Gasteiger partial charge in [-0.15, -0.1) is 0 Å². The van der Waals surface area contributed by atoms with Gasteiger partial charge in [-0.05, 0) is 18.2 Å². The molecular weight excluding hydrogens is 366 g/mol. The Bertz CT molecular complexity index is 1380. The van der Waals surface area contributed by atoms with Crippen molar-refractivity contribution < 1.29 is 8.42 Å². The Labute approximate surface area is 144 Å². The van der Waals surface area contributed by atoms with Gasteiger partial charge in [-0.1, -0.05) is 6.07 Å².